The number of piperidine rings is 1. The zero-order valence-corrected chi connectivity index (χ0v) is 18.5. The van der Waals surface area contributed by atoms with E-state index in [-0.39, 0.29) is 35.6 Å². The molecule has 2 aromatic rings. The Hall–Kier alpha value is -2.72. The molecule has 0 spiro atoms. The van der Waals surface area contributed by atoms with E-state index in [1.54, 1.807) is 30.3 Å². The average molecular weight is 469 g/mol. The van der Waals surface area contributed by atoms with Crippen LogP contribution in [0.1, 0.15) is 24.0 Å². The van der Waals surface area contributed by atoms with E-state index in [2.05, 4.69) is 10.1 Å². The van der Waals surface area contributed by atoms with E-state index in [0.717, 1.165) is 5.56 Å². The van der Waals surface area contributed by atoms with Crippen molar-refractivity contribution in [3.05, 3.63) is 59.7 Å². The zero-order chi connectivity index (χ0) is 23.1. The van der Waals surface area contributed by atoms with Gasteiger partial charge in [0.25, 0.3) is 0 Å². The lowest BCUT2D eigenvalue weighted by Gasteiger charge is -2.30. The molecule has 174 valence electrons. The number of sulfonamides is 1. The van der Waals surface area contributed by atoms with E-state index in [9.17, 15) is 22.0 Å². The molecule has 0 aromatic heterocycles. The molecule has 1 aliphatic heterocycles. The van der Waals surface area contributed by atoms with Gasteiger partial charge in [0.05, 0.1) is 12.9 Å². The van der Waals surface area contributed by atoms with Gasteiger partial charge < -0.3 is 14.8 Å². The molecule has 0 unspecified atom stereocenters. The van der Waals surface area contributed by atoms with Crippen LogP contribution in [0.5, 0.6) is 11.5 Å². The molecule has 1 N–H and O–H groups in total. The van der Waals surface area contributed by atoms with Crippen molar-refractivity contribution in [1.29, 1.82) is 0 Å². The first-order valence-corrected chi connectivity index (χ1v) is 11.8. The largest absolute Gasteiger partial charge is 0.493 e. The normalized spacial score (nSPS) is 15.5. The second kappa shape index (κ2) is 10.7. The maximum atomic E-state index is 12.7. The monoisotopic (exact) mass is 468 g/mol. The summed E-state index contributed by atoms with van der Waals surface area (Å²) in [7, 11) is -2.10. The van der Waals surface area contributed by atoms with Gasteiger partial charge in [-0.15, -0.1) is 0 Å². The fraction of sp³-hybridized carbons (Fsp3) is 0.409. The van der Waals surface area contributed by atoms with Crippen LogP contribution in [0.2, 0.25) is 0 Å². The van der Waals surface area contributed by atoms with Crippen LogP contribution >= 0.6 is 0 Å². The van der Waals surface area contributed by atoms with Gasteiger partial charge in [-0.2, -0.15) is 8.78 Å². The predicted molar refractivity (Wildman–Crippen MR) is 115 cm³/mol. The minimum Gasteiger partial charge on any atom is -0.493 e. The minimum atomic E-state index is -3.44. The summed E-state index contributed by atoms with van der Waals surface area (Å²) in [6, 6.07) is 13.4. The van der Waals surface area contributed by atoms with Gasteiger partial charge in [-0.25, -0.2) is 12.7 Å². The molecule has 0 bridgehead atoms. The Morgan fingerprint density at radius 2 is 1.78 bits per heavy atom. The molecule has 0 aliphatic carbocycles. The number of benzene rings is 2. The van der Waals surface area contributed by atoms with Gasteiger partial charge in [0.1, 0.15) is 0 Å². The maximum absolute atomic E-state index is 12.7. The number of carbonyl (C=O) groups is 1. The summed E-state index contributed by atoms with van der Waals surface area (Å²) in [4.78, 5) is 12.6. The summed E-state index contributed by atoms with van der Waals surface area (Å²) in [6.45, 7) is -2.19. The lowest BCUT2D eigenvalue weighted by Crippen LogP contribution is -2.43. The van der Waals surface area contributed by atoms with Crippen molar-refractivity contribution in [2.45, 2.75) is 31.8 Å². The van der Waals surface area contributed by atoms with Crippen LogP contribution in [0, 0.1) is 5.92 Å². The summed E-state index contributed by atoms with van der Waals surface area (Å²) in [5.74, 6) is -0.452. The Kier molecular flexibility index (Phi) is 8.03. The van der Waals surface area contributed by atoms with Gasteiger partial charge >= 0.3 is 6.61 Å². The van der Waals surface area contributed by atoms with E-state index in [0.29, 0.717) is 31.5 Å². The fourth-order valence-corrected chi connectivity index (χ4v) is 5.18. The molecule has 10 heteroatoms. The maximum Gasteiger partial charge on any atom is 0.387 e. The number of halogens is 2. The van der Waals surface area contributed by atoms with Crippen molar-refractivity contribution in [1.82, 2.24) is 9.62 Å². The Bertz CT molecular complexity index is 1010. The van der Waals surface area contributed by atoms with E-state index in [1.165, 1.54) is 23.5 Å². The number of methoxy groups -OCH3 is 1. The van der Waals surface area contributed by atoms with Gasteiger partial charge in [-0.3, -0.25) is 4.79 Å². The molecular formula is C22H26F2N2O5S. The molecule has 3 rings (SSSR count). The molecule has 0 saturated carbocycles. The minimum absolute atomic E-state index is 0.0577. The van der Waals surface area contributed by atoms with Crippen molar-refractivity contribution >= 4 is 15.9 Å². The highest BCUT2D eigenvalue weighted by molar-refractivity contribution is 7.88. The van der Waals surface area contributed by atoms with Gasteiger partial charge in [0.2, 0.25) is 15.9 Å². The van der Waals surface area contributed by atoms with Crippen LogP contribution in [-0.2, 0) is 27.1 Å². The first-order chi connectivity index (χ1) is 15.3. The number of hydrogen-bond donors (Lipinski definition) is 1. The van der Waals surface area contributed by atoms with Crippen LogP contribution in [0.3, 0.4) is 0 Å². The molecule has 1 amide bonds. The highest BCUT2D eigenvalue weighted by Gasteiger charge is 2.31. The average Bonchev–Trinajstić information content (AvgIpc) is 2.78. The van der Waals surface area contributed by atoms with Gasteiger partial charge in [0, 0.05) is 25.6 Å². The summed E-state index contributed by atoms with van der Waals surface area (Å²) < 4.78 is 61.1. The lowest BCUT2D eigenvalue weighted by molar-refractivity contribution is -0.126. The summed E-state index contributed by atoms with van der Waals surface area (Å²) in [5, 5.41) is 2.82. The van der Waals surface area contributed by atoms with E-state index < -0.39 is 16.6 Å². The number of nitrogens with zero attached hydrogens (tertiary/aromatic N) is 1. The molecule has 1 fully saturated rings. The SMILES string of the molecule is COc1cc(CNC(=O)C2CCN(S(=O)(=O)Cc3ccccc3)CC2)ccc1OC(F)F. The highest BCUT2D eigenvalue weighted by atomic mass is 32.2. The third-order valence-corrected chi connectivity index (χ3v) is 7.17. The third-order valence-electron chi connectivity index (χ3n) is 5.32. The first kappa shape index (κ1) is 23.9. The number of ether oxygens (including phenoxy) is 2. The number of carbonyl (C=O) groups excluding carboxylic acids is 1. The summed E-state index contributed by atoms with van der Waals surface area (Å²) in [5.41, 5.74) is 1.40. The van der Waals surface area contributed by atoms with Crippen LogP contribution in [0.15, 0.2) is 48.5 Å². The molecular weight excluding hydrogens is 442 g/mol. The Balaban J connectivity index is 1.50. The lowest BCUT2D eigenvalue weighted by atomic mass is 9.97. The van der Waals surface area contributed by atoms with Crippen molar-refractivity contribution in [3.63, 3.8) is 0 Å². The standard InChI is InChI=1S/C22H26F2N2O5S/c1-30-20-13-17(7-8-19(20)31-22(23)24)14-25-21(27)18-9-11-26(12-10-18)32(28,29)15-16-5-3-2-4-6-16/h2-8,13,18,22H,9-12,14-15H2,1H3,(H,25,27). The zero-order valence-electron chi connectivity index (χ0n) is 17.7. The topological polar surface area (TPSA) is 84.9 Å². The van der Waals surface area contributed by atoms with Crippen LogP contribution in [0.4, 0.5) is 8.78 Å². The van der Waals surface area contributed by atoms with E-state index in [1.807, 2.05) is 6.07 Å². The van der Waals surface area contributed by atoms with Crippen molar-refractivity contribution in [2.75, 3.05) is 20.2 Å². The number of alkyl halides is 2. The third kappa shape index (κ3) is 6.39. The van der Waals surface area contributed by atoms with E-state index >= 15 is 0 Å². The molecule has 0 atom stereocenters. The fourth-order valence-electron chi connectivity index (χ4n) is 3.62. The second-order valence-electron chi connectivity index (χ2n) is 7.50. The van der Waals surface area contributed by atoms with Crippen molar-refractivity contribution < 1.29 is 31.5 Å². The molecule has 2 aromatic carbocycles. The Morgan fingerprint density at radius 3 is 2.41 bits per heavy atom. The second-order valence-corrected chi connectivity index (χ2v) is 9.47. The quantitative estimate of drug-likeness (QED) is 0.611. The smallest absolute Gasteiger partial charge is 0.387 e. The van der Waals surface area contributed by atoms with Crippen LogP contribution in [0.25, 0.3) is 0 Å². The summed E-state index contributed by atoms with van der Waals surface area (Å²) in [6.07, 6.45) is 0.870. The van der Waals surface area contributed by atoms with Crippen LogP contribution < -0.4 is 14.8 Å². The Labute approximate surface area is 186 Å². The highest BCUT2D eigenvalue weighted by Crippen LogP contribution is 2.29. The molecule has 1 aliphatic rings. The van der Waals surface area contributed by atoms with Gasteiger partial charge in [0.15, 0.2) is 11.5 Å². The number of rotatable bonds is 9. The van der Waals surface area contributed by atoms with Crippen molar-refractivity contribution in [2.24, 2.45) is 5.92 Å². The summed E-state index contributed by atoms with van der Waals surface area (Å²) >= 11 is 0. The number of hydrogen-bond acceptors (Lipinski definition) is 5. The molecule has 0 radical (unpaired) electrons. The Morgan fingerprint density at radius 1 is 1.09 bits per heavy atom. The molecule has 1 saturated heterocycles. The predicted octanol–water partition coefficient (Wildman–Crippen LogP) is 3.15. The van der Waals surface area contributed by atoms with Gasteiger partial charge in [-0.1, -0.05) is 36.4 Å². The molecule has 7 nitrogen and oxygen atoms in total. The van der Waals surface area contributed by atoms with Crippen molar-refractivity contribution in [3.8, 4) is 11.5 Å². The first-order valence-electron chi connectivity index (χ1n) is 10.2. The molecule has 1 heterocycles. The van der Waals surface area contributed by atoms with Gasteiger partial charge in [-0.05, 0) is 36.1 Å². The molecule has 32 heavy (non-hydrogen) atoms. The van der Waals surface area contributed by atoms with E-state index in [4.69, 9.17) is 4.74 Å². The van der Waals surface area contributed by atoms with Crippen LogP contribution in [-0.4, -0.2) is 45.4 Å². The number of nitrogens with one attached hydrogen (secondary N) is 1. The number of amides is 1.